The van der Waals surface area contributed by atoms with Crippen LogP contribution in [0.4, 0.5) is 5.69 Å². The fourth-order valence-electron chi connectivity index (χ4n) is 4.43. The predicted octanol–water partition coefficient (Wildman–Crippen LogP) is 4.18. The predicted molar refractivity (Wildman–Crippen MR) is 107 cm³/mol. The molecule has 4 heteroatoms. The summed E-state index contributed by atoms with van der Waals surface area (Å²) in [6.07, 6.45) is 6.68. The number of para-hydroxylation sites is 1. The van der Waals surface area contributed by atoms with Gasteiger partial charge in [-0.25, -0.2) is 0 Å². The lowest BCUT2D eigenvalue weighted by atomic mass is 10.0. The average molecular weight is 360 g/mol. The quantitative estimate of drug-likeness (QED) is 0.759. The number of nitrogens with zero attached hydrogens (tertiary/aromatic N) is 1. The summed E-state index contributed by atoms with van der Waals surface area (Å²) in [5.41, 5.74) is 5.88. The van der Waals surface area contributed by atoms with Gasteiger partial charge in [0.25, 0.3) is 0 Å². The molecule has 3 aromatic rings. The number of rotatable bonds is 4. The van der Waals surface area contributed by atoms with Crippen LogP contribution in [0.2, 0.25) is 0 Å². The minimum absolute atomic E-state index is 0.190. The van der Waals surface area contributed by atoms with Crippen LogP contribution < -0.4 is 5.32 Å². The molecule has 5 rings (SSSR count). The molecule has 1 aromatic heterocycles. The molecule has 1 saturated heterocycles. The third-order valence-corrected chi connectivity index (χ3v) is 5.90. The van der Waals surface area contributed by atoms with Crippen LogP contribution in [0.1, 0.15) is 29.5 Å². The van der Waals surface area contributed by atoms with Gasteiger partial charge in [-0.15, -0.1) is 0 Å². The van der Waals surface area contributed by atoms with Crippen molar-refractivity contribution in [2.24, 2.45) is 0 Å². The van der Waals surface area contributed by atoms with Gasteiger partial charge in [0, 0.05) is 35.8 Å². The maximum Gasteiger partial charge on any atom is 0.227 e. The number of carbonyl (C=O) groups is 1. The second kappa shape index (κ2) is 6.76. The Balaban J connectivity index is 1.26. The van der Waals surface area contributed by atoms with Crippen molar-refractivity contribution >= 4 is 22.6 Å². The summed E-state index contributed by atoms with van der Waals surface area (Å²) in [4.78, 5) is 14.8. The highest BCUT2D eigenvalue weighted by Crippen LogP contribution is 2.31. The van der Waals surface area contributed by atoms with E-state index in [9.17, 15) is 4.79 Å². The van der Waals surface area contributed by atoms with Crippen LogP contribution in [0.15, 0.2) is 53.1 Å². The zero-order valence-electron chi connectivity index (χ0n) is 15.4. The molecule has 1 aliphatic heterocycles. The molecule has 1 N–H and O–H groups in total. The Labute approximate surface area is 159 Å². The molecule has 1 atom stereocenters. The van der Waals surface area contributed by atoms with Crippen molar-refractivity contribution in [1.82, 2.24) is 4.90 Å². The van der Waals surface area contributed by atoms with Crippen molar-refractivity contribution in [3.8, 4) is 0 Å². The number of furan rings is 1. The number of nitrogens with one attached hydrogen (secondary N) is 1. The van der Waals surface area contributed by atoms with Gasteiger partial charge in [-0.3, -0.25) is 4.79 Å². The van der Waals surface area contributed by atoms with Gasteiger partial charge >= 0.3 is 0 Å². The van der Waals surface area contributed by atoms with Gasteiger partial charge in [0.2, 0.25) is 5.91 Å². The van der Waals surface area contributed by atoms with Gasteiger partial charge in [0.05, 0.1) is 12.7 Å². The van der Waals surface area contributed by atoms with Gasteiger partial charge in [-0.05, 0) is 61.1 Å². The van der Waals surface area contributed by atoms with Crippen LogP contribution in [0.25, 0.3) is 11.0 Å². The molecule has 0 saturated carbocycles. The van der Waals surface area contributed by atoms with E-state index in [4.69, 9.17) is 4.42 Å². The Hall–Kier alpha value is -2.75. The lowest BCUT2D eigenvalue weighted by molar-refractivity contribution is -0.129. The molecule has 0 bridgehead atoms. The van der Waals surface area contributed by atoms with Gasteiger partial charge in [-0.1, -0.05) is 18.2 Å². The van der Waals surface area contributed by atoms with E-state index in [-0.39, 0.29) is 5.91 Å². The molecule has 2 heterocycles. The summed E-state index contributed by atoms with van der Waals surface area (Å²) in [5.74, 6) is 0.190. The first-order valence-corrected chi connectivity index (χ1v) is 9.87. The second-order valence-corrected chi connectivity index (χ2v) is 7.74. The van der Waals surface area contributed by atoms with Crippen molar-refractivity contribution in [2.45, 2.75) is 38.1 Å². The topological polar surface area (TPSA) is 45.5 Å². The summed E-state index contributed by atoms with van der Waals surface area (Å²) >= 11 is 0. The van der Waals surface area contributed by atoms with Crippen LogP contribution >= 0.6 is 0 Å². The van der Waals surface area contributed by atoms with Crippen molar-refractivity contribution in [3.05, 3.63) is 65.4 Å². The number of hydrogen-bond acceptors (Lipinski definition) is 3. The number of aryl methyl sites for hydroxylation is 2. The van der Waals surface area contributed by atoms with E-state index < -0.39 is 0 Å². The Bertz CT molecular complexity index is 977. The van der Waals surface area contributed by atoms with E-state index >= 15 is 0 Å². The van der Waals surface area contributed by atoms with Crippen LogP contribution in [0.3, 0.4) is 0 Å². The highest BCUT2D eigenvalue weighted by atomic mass is 16.3. The molecule has 27 heavy (non-hydrogen) atoms. The van der Waals surface area contributed by atoms with Crippen molar-refractivity contribution < 1.29 is 9.21 Å². The molecule has 1 aliphatic carbocycles. The normalized spacial score (nSPS) is 18.8. The van der Waals surface area contributed by atoms with Crippen molar-refractivity contribution in [3.63, 3.8) is 0 Å². The third kappa shape index (κ3) is 3.20. The molecule has 1 fully saturated rings. The van der Waals surface area contributed by atoms with E-state index in [1.807, 2.05) is 23.1 Å². The Morgan fingerprint density at radius 1 is 1.15 bits per heavy atom. The Kier molecular flexibility index (Phi) is 4.12. The highest BCUT2D eigenvalue weighted by molar-refractivity contribution is 5.88. The largest absolute Gasteiger partial charge is 0.464 e. The van der Waals surface area contributed by atoms with Gasteiger partial charge < -0.3 is 14.6 Å². The first-order valence-electron chi connectivity index (χ1n) is 9.87. The molecule has 0 radical (unpaired) electrons. The standard InChI is InChI=1S/C23H24N2O2/c26-23(25-10-9-20(14-25)24-19-7-2-1-3-8-19)13-18-15-27-22-12-17-6-4-5-16(17)11-21(18)22/h1-3,7-8,11-12,15,20,24H,4-6,9-10,13-14H2. The fraction of sp³-hybridized carbons (Fsp3) is 0.348. The number of hydrogen-bond donors (Lipinski definition) is 1. The van der Waals surface area contributed by atoms with Gasteiger partial charge in [-0.2, -0.15) is 0 Å². The highest BCUT2D eigenvalue weighted by Gasteiger charge is 2.27. The zero-order chi connectivity index (χ0) is 18.2. The summed E-state index contributed by atoms with van der Waals surface area (Å²) in [6, 6.07) is 14.9. The fourth-order valence-corrected chi connectivity index (χ4v) is 4.43. The molecular weight excluding hydrogens is 336 g/mol. The van der Waals surface area contributed by atoms with Crippen molar-refractivity contribution in [1.29, 1.82) is 0 Å². The lowest BCUT2D eigenvalue weighted by Gasteiger charge is -2.17. The van der Waals surface area contributed by atoms with E-state index in [1.165, 1.54) is 17.5 Å². The first kappa shape index (κ1) is 16.4. The summed E-state index contributed by atoms with van der Waals surface area (Å²) in [7, 11) is 0. The van der Waals surface area contributed by atoms with Gasteiger partial charge in [0.15, 0.2) is 0 Å². The molecule has 1 unspecified atom stereocenters. The average Bonchev–Trinajstić information content (AvgIpc) is 3.41. The van der Waals surface area contributed by atoms with Crippen LogP contribution in [0, 0.1) is 0 Å². The van der Waals surface area contributed by atoms with Crippen LogP contribution in [0.5, 0.6) is 0 Å². The van der Waals surface area contributed by atoms with Gasteiger partial charge in [0.1, 0.15) is 5.58 Å². The molecule has 138 valence electrons. The molecular formula is C23H24N2O2. The number of fused-ring (bicyclic) bond motifs is 2. The summed E-state index contributed by atoms with van der Waals surface area (Å²) in [6.45, 7) is 1.58. The number of benzene rings is 2. The van der Waals surface area contributed by atoms with E-state index in [0.29, 0.717) is 12.5 Å². The number of anilines is 1. The number of carbonyl (C=O) groups excluding carboxylic acids is 1. The molecule has 2 aromatic carbocycles. The van der Waals surface area contributed by atoms with E-state index in [1.54, 1.807) is 6.26 Å². The minimum atomic E-state index is 0.190. The molecule has 2 aliphatic rings. The Morgan fingerprint density at radius 2 is 1.96 bits per heavy atom. The SMILES string of the molecule is O=C(Cc1coc2cc3c(cc12)CCC3)N1CCC(Nc2ccccc2)C1. The lowest BCUT2D eigenvalue weighted by Crippen LogP contribution is -2.32. The monoisotopic (exact) mass is 360 g/mol. The number of likely N-dealkylation sites (tertiary alicyclic amines) is 1. The smallest absolute Gasteiger partial charge is 0.227 e. The van der Waals surface area contributed by atoms with Crippen molar-refractivity contribution in [2.75, 3.05) is 18.4 Å². The summed E-state index contributed by atoms with van der Waals surface area (Å²) in [5, 5.41) is 4.64. The Morgan fingerprint density at radius 3 is 2.81 bits per heavy atom. The molecule has 4 nitrogen and oxygen atoms in total. The van der Waals surface area contributed by atoms with E-state index in [0.717, 1.165) is 54.6 Å². The molecule has 1 amide bonds. The summed E-state index contributed by atoms with van der Waals surface area (Å²) < 4.78 is 5.75. The molecule has 0 spiro atoms. The second-order valence-electron chi connectivity index (χ2n) is 7.74. The number of amides is 1. The van der Waals surface area contributed by atoms with E-state index in [2.05, 4.69) is 29.6 Å². The van der Waals surface area contributed by atoms with Crippen LogP contribution in [-0.2, 0) is 24.1 Å². The maximum atomic E-state index is 12.8. The minimum Gasteiger partial charge on any atom is -0.464 e. The maximum absolute atomic E-state index is 12.8. The first-order chi connectivity index (χ1) is 13.3. The van der Waals surface area contributed by atoms with Crippen LogP contribution in [-0.4, -0.2) is 29.9 Å². The third-order valence-electron chi connectivity index (χ3n) is 5.90. The zero-order valence-corrected chi connectivity index (χ0v) is 15.4.